The number of rotatable bonds is 3. The van der Waals surface area contributed by atoms with E-state index in [1.54, 1.807) is 23.2 Å². The Labute approximate surface area is 139 Å². The molecule has 23 heavy (non-hydrogen) atoms. The molecule has 1 aromatic carbocycles. The monoisotopic (exact) mass is 326 g/mol. The van der Waals surface area contributed by atoms with Crippen molar-refractivity contribution in [2.75, 3.05) is 0 Å². The number of furan rings is 1. The third-order valence-electron chi connectivity index (χ3n) is 3.49. The maximum absolute atomic E-state index is 5.36. The second kappa shape index (κ2) is 5.96. The van der Waals surface area contributed by atoms with Gasteiger partial charge in [-0.15, -0.1) is 5.10 Å². The first-order valence-corrected chi connectivity index (χ1v) is 7.72. The number of hydrogen-bond acceptors (Lipinski definition) is 4. The molecule has 2 aromatic heterocycles. The van der Waals surface area contributed by atoms with Crippen molar-refractivity contribution in [2.24, 2.45) is 5.10 Å². The van der Waals surface area contributed by atoms with Crippen LogP contribution in [-0.2, 0) is 5.41 Å². The average molecular weight is 326 g/mol. The van der Waals surface area contributed by atoms with E-state index in [0.29, 0.717) is 16.4 Å². The van der Waals surface area contributed by atoms with Gasteiger partial charge in [0.1, 0.15) is 0 Å². The van der Waals surface area contributed by atoms with Crippen LogP contribution in [-0.4, -0.2) is 21.1 Å². The normalized spacial score (nSPS) is 12.1. The minimum Gasteiger partial charge on any atom is -0.461 e. The predicted octanol–water partition coefficient (Wildman–Crippen LogP) is 4.38. The van der Waals surface area contributed by atoms with E-state index in [2.05, 4.69) is 48.2 Å². The third kappa shape index (κ3) is 3.32. The second-order valence-electron chi connectivity index (χ2n) is 6.26. The van der Waals surface area contributed by atoms with Crippen LogP contribution >= 0.6 is 12.2 Å². The molecular weight excluding hydrogens is 308 g/mol. The Morgan fingerprint density at radius 1 is 1.22 bits per heavy atom. The maximum atomic E-state index is 5.36. The summed E-state index contributed by atoms with van der Waals surface area (Å²) in [6.07, 6.45) is 3.34. The summed E-state index contributed by atoms with van der Waals surface area (Å²) in [5, 5.41) is 11.3. The number of aromatic nitrogens is 3. The summed E-state index contributed by atoms with van der Waals surface area (Å²) < 4.78 is 7.32. The Kier molecular flexibility index (Phi) is 4.00. The Morgan fingerprint density at radius 3 is 2.57 bits per heavy atom. The molecule has 3 rings (SSSR count). The fourth-order valence-corrected chi connectivity index (χ4v) is 2.34. The molecule has 0 aliphatic carbocycles. The Morgan fingerprint density at radius 2 is 1.96 bits per heavy atom. The lowest BCUT2D eigenvalue weighted by molar-refractivity contribution is 0.573. The van der Waals surface area contributed by atoms with Crippen LogP contribution < -0.4 is 0 Å². The van der Waals surface area contributed by atoms with Crippen LogP contribution in [0.4, 0.5) is 0 Å². The molecule has 0 aliphatic heterocycles. The van der Waals surface area contributed by atoms with Crippen molar-refractivity contribution < 1.29 is 4.42 Å². The van der Waals surface area contributed by atoms with Crippen LogP contribution in [0, 0.1) is 4.77 Å². The van der Waals surface area contributed by atoms with Crippen LogP contribution in [0.15, 0.2) is 52.2 Å². The highest BCUT2D eigenvalue weighted by molar-refractivity contribution is 7.71. The third-order valence-corrected chi connectivity index (χ3v) is 3.76. The van der Waals surface area contributed by atoms with Crippen molar-refractivity contribution in [3.8, 4) is 11.6 Å². The van der Waals surface area contributed by atoms with Gasteiger partial charge in [-0.3, -0.25) is 0 Å². The maximum Gasteiger partial charge on any atom is 0.219 e. The van der Waals surface area contributed by atoms with E-state index >= 15 is 0 Å². The van der Waals surface area contributed by atoms with Crippen LogP contribution in [0.25, 0.3) is 11.6 Å². The summed E-state index contributed by atoms with van der Waals surface area (Å²) in [5.41, 5.74) is 2.41. The standard InChI is InChI=1S/C17H18N4OS/c1-17(2,3)13-8-6-12(7-9-13)11-18-21-15(19-20-16(21)23)14-5-4-10-22-14/h4-11H,1-3H3,(H,20,23). The van der Waals surface area contributed by atoms with E-state index in [0.717, 1.165) is 5.56 Å². The highest BCUT2D eigenvalue weighted by Gasteiger charge is 2.13. The lowest BCUT2D eigenvalue weighted by Crippen LogP contribution is -2.10. The van der Waals surface area contributed by atoms with Gasteiger partial charge in [-0.05, 0) is 40.9 Å². The first-order chi connectivity index (χ1) is 10.9. The minimum atomic E-state index is 0.134. The molecule has 0 aliphatic rings. The number of aromatic amines is 1. The van der Waals surface area contributed by atoms with E-state index < -0.39 is 0 Å². The molecule has 0 amide bonds. The lowest BCUT2D eigenvalue weighted by Gasteiger charge is -2.18. The predicted molar refractivity (Wildman–Crippen MR) is 93.2 cm³/mol. The van der Waals surface area contributed by atoms with Crippen molar-refractivity contribution in [1.82, 2.24) is 14.9 Å². The molecule has 6 heteroatoms. The van der Waals surface area contributed by atoms with Gasteiger partial charge in [-0.25, -0.2) is 5.10 Å². The van der Waals surface area contributed by atoms with Gasteiger partial charge in [0.05, 0.1) is 12.5 Å². The molecular formula is C17H18N4OS. The molecule has 2 heterocycles. The molecule has 0 unspecified atom stereocenters. The fraction of sp³-hybridized carbons (Fsp3) is 0.235. The summed E-state index contributed by atoms with van der Waals surface area (Å²) in [4.78, 5) is 0. The zero-order valence-corrected chi connectivity index (χ0v) is 14.1. The molecule has 118 valence electrons. The van der Waals surface area contributed by atoms with E-state index in [4.69, 9.17) is 16.6 Å². The van der Waals surface area contributed by atoms with Crippen molar-refractivity contribution in [1.29, 1.82) is 0 Å². The molecule has 5 nitrogen and oxygen atoms in total. The Bertz CT molecular complexity index is 865. The molecule has 0 saturated heterocycles. The number of nitrogens with zero attached hydrogens (tertiary/aromatic N) is 3. The molecule has 1 N–H and O–H groups in total. The first kappa shape index (κ1) is 15.4. The van der Waals surface area contributed by atoms with Gasteiger partial charge in [0.15, 0.2) is 5.76 Å². The highest BCUT2D eigenvalue weighted by atomic mass is 32.1. The summed E-state index contributed by atoms with van der Waals surface area (Å²) in [6, 6.07) is 11.9. The molecule has 0 saturated carbocycles. The smallest absolute Gasteiger partial charge is 0.219 e. The van der Waals surface area contributed by atoms with E-state index in [1.807, 2.05) is 18.2 Å². The summed E-state index contributed by atoms with van der Waals surface area (Å²) >= 11 is 5.22. The van der Waals surface area contributed by atoms with E-state index in [1.165, 1.54) is 5.56 Å². The van der Waals surface area contributed by atoms with Crippen molar-refractivity contribution in [2.45, 2.75) is 26.2 Å². The quantitative estimate of drug-likeness (QED) is 0.574. The molecule has 3 aromatic rings. The van der Waals surface area contributed by atoms with Gasteiger partial charge < -0.3 is 4.42 Å². The first-order valence-electron chi connectivity index (χ1n) is 7.31. The van der Waals surface area contributed by atoms with E-state index in [9.17, 15) is 0 Å². The zero-order chi connectivity index (χ0) is 16.4. The van der Waals surface area contributed by atoms with Crippen LogP contribution in [0.5, 0.6) is 0 Å². The van der Waals surface area contributed by atoms with Gasteiger partial charge >= 0.3 is 0 Å². The fourth-order valence-electron chi connectivity index (χ4n) is 2.16. The summed E-state index contributed by atoms with van der Waals surface area (Å²) in [7, 11) is 0. The SMILES string of the molecule is CC(C)(C)c1ccc(C=Nn2c(-c3ccco3)n[nH]c2=S)cc1. The van der Waals surface area contributed by atoms with Crippen LogP contribution in [0.1, 0.15) is 31.9 Å². The molecule has 0 bridgehead atoms. The summed E-state index contributed by atoms with van der Waals surface area (Å²) in [6.45, 7) is 6.57. The molecule has 0 fully saturated rings. The highest BCUT2D eigenvalue weighted by Crippen LogP contribution is 2.22. The van der Waals surface area contributed by atoms with E-state index in [-0.39, 0.29) is 5.41 Å². The Balaban J connectivity index is 1.89. The number of hydrogen-bond donors (Lipinski definition) is 1. The molecule has 0 spiro atoms. The van der Waals surface area contributed by atoms with Gasteiger partial charge in [0.2, 0.25) is 10.6 Å². The number of nitrogens with one attached hydrogen (secondary N) is 1. The molecule has 0 atom stereocenters. The zero-order valence-electron chi connectivity index (χ0n) is 13.3. The van der Waals surface area contributed by atoms with Crippen LogP contribution in [0.3, 0.4) is 0 Å². The van der Waals surface area contributed by atoms with Crippen LogP contribution in [0.2, 0.25) is 0 Å². The topological polar surface area (TPSA) is 59.1 Å². The van der Waals surface area contributed by atoms with Crippen molar-refractivity contribution >= 4 is 18.4 Å². The average Bonchev–Trinajstić information content (AvgIpc) is 3.14. The largest absolute Gasteiger partial charge is 0.461 e. The molecule has 0 radical (unpaired) electrons. The minimum absolute atomic E-state index is 0.134. The number of benzene rings is 1. The van der Waals surface area contributed by atoms with Gasteiger partial charge in [0, 0.05) is 0 Å². The van der Waals surface area contributed by atoms with Gasteiger partial charge in [0.25, 0.3) is 0 Å². The van der Waals surface area contributed by atoms with Gasteiger partial charge in [-0.1, -0.05) is 45.0 Å². The van der Waals surface area contributed by atoms with Crippen molar-refractivity contribution in [3.63, 3.8) is 0 Å². The number of H-pyrrole nitrogens is 1. The van der Waals surface area contributed by atoms with Gasteiger partial charge in [-0.2, -0.15) is 9.78 Å². The van der Waals surface area contributed by atoms with Crippen molar-refractivity contribution in [3.05, 3.63) is 58.6 Å². The lowest BCUT2D eigenvalue weighted by atomic mass is 9.87. The second-order valence-corrected chi connectivity index (χ2v) is 6.64. The summed E-state index contributed by atoms with van der Waals surface area (Å²) in [5.74, 6) is 1.15. The Hall–Kier alpha value is -2.47.